The number of hydrogen-bond donors (Lipinski definition) is 2. The average Bonchev–Trinajstić information content (AvgIpc) is 3.31. The van der Waals surface area contributed by atoms with E-state index in [0.717, 1.165) is 12.8 Å². The van der Waals surface area contributed by atoms with Gasteiger partial charge in [0.1, 0.15) is 0 Å². The molecule has 30 heavy (non-hydrogen) atoms. The van der Waals surface area contributed by atoms with Gasteiger partial charge in [-0.1, -0.05) is 52.4 Å². The Kier molecular flexibility index (Phi) is 30.4. The van der Waals surface area contributed by atoms with Gasteiger partial charge in [0.15, 0.2) is 0 Å². The Bertz CT molecular complexity index is 447. The molecular formula is C27H48HfO2. The van der Waals surface area contributed by atoms with E-state index in [-0.39, 0.29) is 12.2 Å². The third kappa shape index (κ3) is 41.9. The summed E-state index contributed by atoms with van der Waals surface area (Å²) in [7, 11) is 0. The molecule has 2 aliphatic rings. The number of aliphatic hydroxyl groups excluding tert-OH is 2. The van der Waals surface area contributed by atoms with E-state index in [1.54, 1.807) is 31.0 Å². The van der Waals surface area contributed by atoms with E-state index >= 15 is 0 Å². The molecule has 172 valence electrons. The number of rotatable bonds is 6. The maximum atomic E-state index is 8.06. The van der Waals surface area contributed by atoms with E-state index in [9.17, 15) is 0 Å². The summed E-state index contributed by atoms with van der Waals surface area (Å²) in [6.07, 6.45) is 24.6. The van der Waals surface area contributed by atoms with Gasteiger partial charge in [-0.15, -0.1) is 12.8 Å². The quantitative estimate of drug-likeness (QED) is 0.256. The normalized spacial score (nSPS) is 13.1. The monoisotopic (exact) mass is 584 g/mol. The van der Waals surface area contributed by atoms with Gasteiger partial charge in [0, 0.05) is 12.2 Å². The fourth-order valence-electron chi connectivity index (χ4n) is 1.99. The van der Waals surface area contributed by atoms with Gasteiger partial charge >= 0.3 is 41.0 Å². The van der Waals surface area contributed by atoms with Crippen LogP contribution in [0.4, 0.5) is 0 Å². The van der Waals surface area contributed by atoms with E-state index in [1.165, 1.54) is 73.6 Å². The molecule has 0 bridgehead atoms. The summed E-state index contributed by atoms with van der Waals surface area (Å²) in [4.78, 5) is 0. The molecule has 2 N–H and O–H groups in total. The van der Waals surface area contributed by atoms with Gasteiger partial charge in [-0.25, -0.2) is 23.3 Å². The predicted molar refractivity (Wildman–Crippen MR) is 131 cm³/mol. The summed E-state index contributed by atoms with van der Waals surface area (Å²) in [6, 6.07) is 0. The van der Waals surface area contributed by atoms with E-state index in [0.29, 0.717) is 0 Å². The van der Waals surface area contributed by atoms with Crippen LogP contribution in [0.25, 0.3) is 0 Å². The molecule has 0 heterocycles. The van der Waals surface area contributed by atoms with Crippen molar-refractivity contribution in [1.82, 2.24) is 0 Å². The fourth-order valence-corrected chi connectivity index (χ4v) is 1.99. The van der Waals surface area contributed by atoms with Crippen molar-refractivity contribution in [2.24, 2.45) is 0 Å². The Morgan fingerprint density at radius 2 is 1.10 bits per heavy atom. The maximum absolute atomic E-state index is 8.06. The molecule has 0 aromatic rings. The number of aliphatic hydroxyl groups is 2. The summed E-state index contributed by atoms with van der Waals surface area (Å²) in [5, 5.41) is 16.1. The Morgan fingerprint density at radius 3 is 1.27 bits per heavy atom. The van der Waals surface area contributed by atoms with E-state index in [1.807, 2.05) is 0 Å². The molecule has 2 rings (SSSR count). The molecule has 2 nitrogen and oxygen atoms in total. The van der Waals surface area contributed by atoms with Crippen LogP contribution in [0, 0.1) is 12.2 Å². The fraction of sp³-hybridized carbons (Fsp3) is 0.667. The Morgan fingerprint density at radius 1 is 0.833 bits per heavy atom. The summed E-state index contributed by atoms with van der Waals surface area (Å²) >= 11 is 1.27. The molecule has 0 aliphatic heterocycles. The molecule has 3 heteroatoms. The van der Waals surface area contributed by atoms with Crippen molar-refractivity contribution in [3.63, 3.8) is 0 Å². The van der Waals surface area contributed by atoms with Crippen LogP contribution in [0.2, 0.25) is 0 Å². The molecule has 0 saturated heterocycles. The van der Waals surface area contributed by atoms with Gasteiger partial charge in [-0.3, -0.25) is 12.2 Å². The van der Waals surface area contributed by atoms with Crippen molar-refractivity contribution in [2.45, 2.75) is 119 Å². The third-order valence-corrected chi connectivity index (χ3v) is 3.18. The minimum absolute atomic E-state index is 0.167. The van der Waals surface area contributed by atoms with E-state index in [2.05, 4.69) is 64.2 Å². The molecular weight excluding hydrogens is 535 g/mol. The number of unbranched alkanes of at least 4 members (excludes halogenated alkanes) is 2. The molecule has 0 radical (unpaired) electrons. The first-order valence-electron chi connectivity index (χ1n) is 11.5. The average molecular weight is 583 g/mol. The Balaban J connectivity index is -0.000000325. The van der Waals surface area contributed by atoms with Crippen LogP contribution < -0.4 is 0 Å². The van der Waals surface area contributed by atoms with Crippen LogP contribution in [0.3, 0.4) is 0 Å². The zero-order valence-electron chi connectivity index (χ0n) is 21.0. The first kappa shape index (κ1) is 34.2. The first-order chi connectivity index (χ1) is 14.1. The van der Waals surface area contributed by atoms with E-state index in [4.69, 9.17) is 10.2 Å². The Hall–Kier alpha value is -0.380. The van der Waals surface area contributed by atoms with Crippen molar-refractivity contribution in [1.29, 1.82) is 0 Å². The van der Waals surface area contributed by atoms with Crippen LogP contribution in [-0.4, -0.2) is 25.7 Å². The zero-order valence-corrected chi connectivity index (χ0v) is 24.6. The van der Waals surface area contributed by atoms with Crippen molar-refractivity contribution >= 4 is 3.26 Å². The third-order valence-electron chi connectivity index (χ3n) is 3.18. The molecule has 0 aromatic heterocycles. The second kappa shape index (κ2) is 26.7. The van der Waals surface area contributed by atoms with Crippen LogP contribution in [0.5, 0.6) is 0 Å². The molecule has 0 atom stereocenters. The standard InChI is InChI=1S/2C9H13.2C3H8O.C3H6.Hf/c2*1-2-3-6-9-7-4-5-8-9;2*1-3(2)4;1-3-2;/h2*7-8H,2-4,6H2,1H3;2*3-4H,1-2H3;1-2H3;/q2*-1;;;;+2. The number of hydrogen-bond acceptors (Lipinski definition) is 2. The van der Waals surface area contributed by atoms with Gasteiger partial charge in [-0.2, -0.15) is 12.2 Å². The predicted octanol–water partition coefficient (Wildman–Crippen LogP) is 7.25. The van der Waals surface area contributed by atoms with Crippen LogP contribution in [0.1, 0.15) is 107 Å². The van der Waals surface area contributed by atoms with Crippen molar-refractivity contribution in [2.75, 3.05) is 0 Å². The van der Waals surface area contributed by atoms with Crippen molar-refractivity contribution in [3.05, 3.63) is 47.6 Å². The summed E-state index contributed by atoms with van der Waals surface area (Å²) in [5.41, 5.74) is 2.97. The second-order valence-corrected chi connectivity index (χ2v) is 11.7. The summed E-state index contributed by atoms with van der Waals surface area (Å²) < 4.78 is 1.56. The van der Waals surface area contributed by atoms with Gasteiger partial charge in [0.05, 0.1) is 0 Å². The Labute approximate surface area is 203 Å². The number of allylic oxidation sites excluding steroid dienone is 8. The molecule has 0 unspecified atom stereocenters. The topological polar surface area (TPSA) is 40.5 Å². The molecule has 0 spiro atoms. The molecule has 0 fully saturated rings. The van der Waals surface area contributed by atoms with Crippen LogP contribution in [-0.2, 0) is 23.9 Å². The van der Waals surface area contributed by atoms with Crippen LogP contribution in [0.15, 0.2) is 35.5 Å². The molecule has 0 aromatic carbocycles. The van der Waals surface area contributed by atoms with Gasteiger partial charge in [0.2, 0.25) is 0 Å². The van der Waals surface area contributed by atoms with Crippen molar-refractivity contribution < 1.29 is 34.1 Å². The molecule has 0 amide bonds. The minimum atomic E-state index is -0.167. The SMILES string of the molecule is CC(C)O.CC(C)O.CCCCC1=CC[C-]=C1.CCCCC1=CC[C-]=C1.C[C](C)=[Hf+2]. The summed E-state index contributed by atoms with van der Waals surface area (Å²) in [5.74, 6) is 0. The van der Waals surface area contributed by atoms with Gasteiger partial charge < -0.3 is 10.2 Å². The van der Waals surface area contributed by atoms with Crippen molar-refractivity contribution in [3.8, 4) is 0 Å². The van der Waals surface area contributed by atoms with Gasteiger partial charge in [-0.05, 0) is 27.7 Å². The summed E-state index contributed by atoms with van der Waals surface area (Å²) in [6.45, 7) is 15.6. The van der Waals surface area contributed by atoms with Gasteiger partial charge in [0.25, 0.3) is 0 Å². The first-order valence-corrected chi connectivity index (χ1v) is 13.2. The second-order valence-electron chi connectivity index (χ2n) is 8.06. The van der Waals surface area contributed by atoms with Crippen LogP contribution >= 0.6 is 0 Å². The molecule has 0 saturated carbocycles. The van der Waals surface area contributed by atoms with E-state index < -0.39 is 0 Å². The zero-order chi connectivity index (χ0) is 23.8. The molecule has 2 aliphatic carbocycles.